The van der Waals surface area contributed by atoms with Crippen LogP contribution in [0.4, 0.5) is 0 Å². The van der Waals surface area contributed by atoms with Crippen LogP contribution in [0, 0.1) is 0 Å². The summed E-state index contributed by atoms with van der Waals surface area (Å²) in [6, 6.07) is 10.8. The molecule has 1 N–H and O–H groups in total. The van der Waals surface area contributed by atoms with Crippen molar-refractivity contribution in [2.24, 2.45) is 0 Å². The monoisotopic (exact) mass is 316 g/mol. The summed E-state index contributed by atoms with van der Waals surface area (Å²) in [4.78, 5) is 15.8. The molecule has 0 aliphatic carbocycles. The van der Waals surface area contributed by atoms with Gasteiger partial charge in [-0.1, -0.05) is 30.3 Å². The van der Waals surface area contributed by atoms with Gasteiger partial charge < -0.3 is 14.9 Å². The molecule has 0 saturated carbocycles. The van der Waals surface area contributed by atoms with Crippen molar-refractivity contribution in [3.63, 3.8) is 0 Å². The summed E-state index contributed by atoms with van der Waals surface area (Å²) >= 11 is 0. The number of hydrogen-bond donors (Lipinski definition) is 1. The second kappa shape index (κ2) is 7.93. The average molecular weight is 316 g/mol. The summed E-state index contributed by atoms with van der Waals surface area (Å²) in [5.41, 5.74) is 1.44. The number of amides is 1. The van der Waals surface area contributed by atoms with Crippen LogP contribution in [0.3, 0.4) is 0 Å². The minimum absolute atomic E-state index is 0.198. The second-order valence-corrected chi connectivity index (χ2v) is 6.94. The van der Waals surface area contributed by atoms with Gasteiger partial charge in [0.15, 0.2) is 0 Å². The van der Waals surface area contributed by atoms with E-state index in [1.54, 1.807) is 0 Å². The second-order valence-electron chi connectivity index (χ2n) is 6.94. The zero-order valence-electron chi connectivity index (χ0n) is 13.9. The van der Waals surface area contributed by atoms with E-state index in [1.807, 2.05) is 4.90 Å². The Kier molecular flexibility index (Phi) is 5.68. The summed E-state index contributed by atoms with van der Waals surface area (Å²) < 4.78 is 0. The van der Waals surface area contributed by atoms with Gasteiger partial charge in [0.05, 0.1) is 6.10 Å². The minimum Gasteiger partial charge on any atom is -0.390 e. The van der Waals surface area contributed by atoms with Gasteiger partial charge in [0.1, 0.15) is 0 Å². The van der Waals surface area contributed by atoms with Crippen LogP contribution in [0.2, 0.25) is 0 Å². The number of β-amino-alcohol motifs (C(OH)–C–C–N with tert-alkyl or cyclic N) is 1. The zero-order valence-corrected chi connectivity index (χ0v) is 13.9. The number of carbonyl (C=O) groups is 1. The third-order valence-electron chi connectivity index (χ3n) is 5.16. The van der Waals surface area contributed by atoms with E-state index in [1.165, 1.54) is 18.4 Å². The maximum Gasteiger partial charge on any atom is 0.222 e. The lowest BCUT2D eigenvalue weighted by molar-refractivity contribution is -0.129. The fourth-order valence-corrected chi connectivity index (χ4v) is 3.90. The molecular weight excluding hydrogens is 288 g/mol. The summed E-state index contributed by atoms with van der Waals surface area (Å²) in [5.74, 6) is 0.836. The number of rotatable bonds is 5. The van der Waals surface area contributed by atoms with Crippen LogP contribution in [0.5, 0.6) is 0 Å². The highest BCUT2D eigenvalue weighted by molar-refractivity contribution is 5.78. The highest BCUT2D eigenvalue weighted by Gasteiger charge is 2.25. The Morgan fingerprint density at radius 2 is 1.87 bits per heavy atom. The summed E-state index contributed by atoms with van der Waals surface area (Å²) in [7, 11) is 0. The lowest BCUT2D eigenvalue weighted by Crippen LogP contribution is -2.41. The quantitative estimate of drug-likeness (QED) is 0.906. The summed E-state index contributed by atoms with van der Waals surface area (Å²) in [6.07, 6.45) is 4.71. The molecule has 2 unspecified atom stereocenters. The molecule has 0 spiro atoms. The van der Waals surface area contributed by atoms with Gasteiger partial charge in [-0.25, -0.2) is 0 Å². The van der Waals surface area contributed by atoms with E-state index < -0.39 is 6.10 Å². The number of aliphatic hydroxyl groups excluding tert-OH is 1. The van der Waals surface area contributed by atoms with Crippen molar-refractivity contribution in [1.29, 1.82) is 0 Å². The average Bonchev–Trinajstić information content (AvgIpc) is 2.82. The fraction of sp³-hybridized carbons (Fsp3) is 0.632. The molecular formula is C19H28N2O2. The van der Waals surface area contributed by atoms with Gasteiger partial charge in [-0.15, -0.1) is 0 Å². The lowest BCUT2D eigenvalue weighted by atomic mass is 9.92. The molecule has 2 aliphatic rings. The Morgan fingerprint density at radius 3 is 2.61 bits per heavy atom. The van der Waals surface area contributed by atoms with Crippen molar-refractivity contribution in [3.05, 3.63) is 35.9 Å². The molecule has 0 radical (unpaired) electrons. The molecule has 23 heavy (non-hydrogen) atoms. The molecule has 4 nitrogen and oxygen atoms in total. The third kappa shape index (κ3) is 4.55. The van der Waals surface area contributed by atoms with E-state index in [9.17, 15) is 9.90 Å². The maximum atomic E-state index is 11.7. The first kappa shape index (κ1) is 16.5. The SMILES string of the molecule is O=C1CCCN1CC(O)CN1CCCC(c2ccccc2)CC1. The molecule has 4 heteroatoms. The standard InChI is InChI=1S/C19H28N2O2/c22-18(15-21-12-5-9-19(21)23)14-20-11-4-8-17(10-13-20)16-6-2-1-3-7-16/h1-3,6-7,17-18,22H,4-5,8-15H2. The first-order valence-electron chi connectivity index (χ1n) is 8.95. The molecule has 0 aromatic heterocycles. The molecule has 0 bridgehead atoms. The van der Waals surface area contributed by atoms with Crippen LogP contribution < -0.4 is 0 Å². The van der Waals surface area contributed by atoms with Gasteiger partial charge in [-0.2, -0.15) is 0 Å². The van der Waals surface area contributed by atoms with Gasteiger partial charge in [-0.3, -0.25) is 4.79 Å². The molecule has 2 atom stereocenters. The topological polar surface area (TPSA) is 43.8 Å². The van der Waals surface area contributed by atoms with Gasteiger partial charge in [-0.05, 0) is 50.3 Å². The predicted octanol–water partition coefficient (Wildman–Crippen LogP) is 2.24. The number of carbonyl (C=O) groups excluding carboxylic acids is 1. The van der Waals surface area contributed by atoms with Crippen LogP contribution in [0.1, 0.15) is 43.6 Å². The number of nitrogens with zero attached hydrogens (tertiary/aromatic N) is 2. The lowest BCUT2D eigenvalue weighted by Gasteiger charge is -2.26. The summed E-state index contributed by atoms with van der Waals surface area (Å²) in [5, 5.41) is 10.3. The molecule has 2 aliphatic heterocycles. The van der Waals surface area contributed by atoms with E-state index in [0.29, 0.717) is 25.4 Å². The number of hydrogen-bond acceptors (Lipinski definition) is 3. The molecule has 1 aromatic rings. The van der Waals surface area contributed by atoms with Crippen LogP contribution >= 0.6 is 0 Å². The molecule has 1 aromatic carbocycles. The van der Waals surface area contributed by atoms with E-state index in [4.69, 9.17) is 0 Å². The fourth-order valence-electron chi connectivity index (χ4n) is 3.90. The van der Waals surface area contributed by atoms with Gasteiger partial charge >= 0.3 is 0 Å². The Hall–Kier alpha value is -1.39. The Bertz CT molecular complexity index is 505. The van der Waals surface area contributed by atoms with Crippen LogP contribution in [-0.4, -0.2) is 59.6 Å². The van der Waals surface area contributed by atoms with E-state index in [-0.39, 0.29) is 5.91 Å². The van der Waals surface area contributed by atoms with Crippen molar-refractivity contribution in [3.8, 4) is 0 Å². The van der Waals surface area contributed by atoms with Crippen molar-refractivity contribution in [2.45, 2.75) is 44.1 Å². The normalized spacial score (nSPS) is 24.7. The first-order valence-corrected chi connectivity index (χ1v) is 8.95. The third-order valence-corrected chi connectivity index (χ3v) is 5.16. The van der Waals surface area contributed by atoms with Crippen molar-refractivity contribution in [2.75, 3.05) is 32.7 Å². The van der Waals surface area contributed by atoms with E-state index in [2.05, 4.69) is 35.2 Å². The van der Waals surface area contributed by atoms with Gasteiger partial charge in [0.25, 0.3) is 0 Å². The van der Waals surface area contributed by atoms with Gasteiger partial charge in [0.2, 0.25) is 5.91 Å². The van der Waals surface area contributed by atoms with Crippen molar-refractivity contribution in [1.82, 2.24) is 9.80 Å². The molecule has 2 saturated heterocycles. The van der Waals surface area contributed by atoms with Crippen LogP contribution in [0.15, 0.2) is 30.3 Å². The zero-order chi connectivity index (χ0) is 16.1. The maximum absolute atomic E-state index is 11.7. The molecule has 2 heterocycles. The summed E-state index contributed by atoms with van der Waals surface area (Å²) in [6.45, 7) is 4.08. The van der Waals surface area contributed by atoms with E-state index in [0.717, 1.165) is 32.5 Å². The van der Waals surface area contributed by atoms with E-state index >= 15 is 0 Å². The molecule has 1 amide bonds. The van der Waals surface area contributed by atoms with Crippen molar-refractivity contribution < 1.29 is 9.90 Å². The minimum atomic E-state index is -0.426. The Labute approximate surface area is 139 Å². The first-order chi connectivity index (χ1) is 11.2. The van der Waals surface area contributed by atoms with Crippen LogP contribution in [0.25, 0.3) is 0 Å². The Morgan fingerprint density at radius 1 is 1.04 bits per heavy atom. The molecule has 126 valence electrons. The molecule has 2 fully saturated rings. The smallest absolute Gasteiger partial charge is 0.222 e. The van der Waals surface area contributed by atoms with Crippen LogP contribution in [-0.2, 0) is 4.79 Å². The molecule has 3 rings (SSSR count). The number of likely N-dealkylation sites (tertiary alicyclic amines) is 2. The number of aliphatic hydroxyl groups is 1. The largest absolute Gasteiger partial charge is 0.390 e. The highest BCUT2D eigenvalue weighted by atomic mass is 16.3. The highest BCUT2D eigenvalue weighted by Crippen LogP contribution is 2.27. The van der Waals surface area contributed by atoms with Gasteiger partial charge in [0, 0.05) is 26.1 Å². The number of benzene rings is 1. The Balaban J connectivity index is 1.47. The predicted molar refractivity (Wildman–Crippen MR) is 91.3 cm³/mol. The van der Waals surface area contributed by atoms with Crippen molar-refractivity contribution >= 4 is 5.91 Å².